The summed E-state index contributed by atoms with van der Waals surface area (Å²) in [4.78, 5) is 25.6. The molecule has 2 nitrogen and oxygen atoms in total. The van der Waals surface area contributed by atoms with Crippen LogP contribution in [0.15, 0.2) is 47.5 Å². The predicted octanol–water partition coefficient (Wildman–Crippen LogP) is 4.55. The smallest absolute Gasteiger partial charge is 0.190 e. The molecule has 1 aliphatic carbocycles. The Balaban J connectivity index is 2.06. The number of Topliss-reactive ketones (excluding diaryl/α,β-unsaturated/α-hetero) is 2. The van der Waals surface area contributed by atoms with E-state index in [1.165, 1.54) is 5.56 Å². The van der Waals surface area contributed by atoms with Gasteiger partial charge in [0.25, 0.3) is 0 Å². The van der Waals surface area contributed by atoms with E-state index in [0.29, 0.717) is 28.7 Å². The number of benzene rings is 2. The lowest BCUT2D eigenvalue weighted by molar-refractivity contribution is 0.0973. The molecule has 23 heavy (non-hydrogen) atoms. The number of carbonyl (C=O) groups is 2. The van der Waals surface area contributed by atoms with Crippen LogP contribution in [0.25, 0.3) is 0 Å². The van der Waals surface area contributed by atoms with Gasteiger partial charge in [-0.15, -0.1) is 0 Å². The van der Waals surface area contributed by atoms with Gasteiger partial charge in [0.1, 0.15) is 0 Å². The second-order valence-electron chi connectivity index (χ2n) is 6.41. The van der Waals surface area contributed by atoms with Gasteiger partial charge < -0.3 is 0 Å². The molecule has 2 heteroatoms. The molecule has 0 aliphatic heterocycles. The summed E-state index contributed by atoms with van der Waals surface area (Å²) >= 11 is 0. The van der Waals surface area contributed by atoms with Crippen molar-refractivity contribution in [2.24, 2.45) is 0 Å². The van der Waals surface area contributed by atoms with Crippen LogP contribution in [0.5, 0.6) is 0 Å². The number of allylic oxidation sites excluding steroid dienone is 2. The summed E-state index contributed by atoms with van der Waals surface area (Å²) < 4.78 is 0. The first-order chi connectivity index (χ1) is 10.9. The highest BCUT2D eigenvalue weighted by Gasteiger charge is 2.30. The molecule has 0 amide bonds. The third kappa shape index (κ3) is 2.65. The van der Waals surface area contributed by atoms with E-state index in [9.17, 15) is 9.59 Å². The average molecular weight is 304 g/mol. The van der Waals surface area contributed by atoms with Crippen LogP contribution in [0, 0.1) is 20.8 Å². The van der Waals surface area contributed by atoms with E-state index in [0.717, 1.165) is 16.7 Å². The fourth-order valence-electron chi connectivity index (χ4n) is 2.99. The van der Waals surface area contributed by atoms with Crippen LogP contribution in [0.3, 0.4) is 0 Å². The third-order valence-corrected chi connectivity index (χ3v) is 4.69. The van der Waals surface area contributed by atoms with Gasteiger partial charge in [0.15, 0.2) is 11.6 Å². The van der Waals surface area contributed by atoms with E-state index in [1.54, 1.807) is 6.92 Å². The Bertz CT molecular complexity index is 852. The maximum atomic E-state index is 12.9. The molecular formula is C21H20O2. The van der Waals surface area contributed by atoms with Crippen molar-refractivity contribution in [3.05, 3.63) is 80.9 Å². The molecule has 0 atom stereocenters. The molecule has 0 N–H and O–H groups in total. The molecule has 116 valence electrons. The lowest BCUT2D eigenvalue weighted by atomic mass is 9.81. The van der Waals surface area contributed by atoms with Gasteiger partial charge in [-0.05, 0) is 56.5 Å². The summed E-state index contributed by atoms with van der Waals surface area (Å²) in [6, 6.07) is 11.8. The Morgan fingerprint density at radius 2 is 1.26 bits per heavy atom. The molecular weight excluding hydrogens is 284 g/mol. The lowest BCUT2D eigenvalue weighted by Gasteiger charge is -2.20. The zero-order valence-corrected chi connectivity index (χ0v) is 14.0. The van der Waals surface area contributed by atoms with E-state index in [1.807, 2.05) is 57.2 Å². The molecule has 0 heterocycles. The number of hydrogen-bond donors (Lipinski definition) is 0. The van der Waals surface area contributed by atoms with E-state index >= 15 is 0 Å². The second kappa shape index (κ2) is 5.62. The first-order valence-electron chi connectivity index (χ1n) is 7.84. The van der Waals surface area contributed by atoms with Crippen LogP contribution >= 0.6 is 0 Å². The normalized spacial score (nSPS) is 14.3. The second-order valence-corrected chi connectivity index (χ2v) is 6.41. The van der Waals surface area contributed by atoms with Crippen molar-refractivity contribution in [2.75, 3.05) is 0 Å². The number of carbonyl (C=O) groups excluding carboxylic acids is 2. The van der Waals surface area contributed by atoms with Crippen LogP contribution in [-0.4, -0.2) is 11.6 Å². The minimum Gasteiger partial charge on any atom is -0.289 e. The number of aryl methyl sites for hydroxylation is 3. The molecule has 2 aromatic rings. The van der Waals surface area contributed by atoms with Crippen LogP contribution < -0.4 is 0 Å². The first-order valence-corrected chi connectivity index (χ1v) is 7.84. The van der Waals surface area contributed by atoms with E-state index in [2.05, 4.69) is 0 Å². The van der Waals surface area contributed by atoms with Gasteiger partial charge in [0.05, 0.1) is 0 Å². The van der Waals surface area contributed by atoms with Gasteiger partial charge in [-0.1, -0.05) is 29.8 Å². The molecule has 1 aliphatic rings. The molecule has 0 fully saturated rings. The van der Waals surface area contributed by atoms with Crippen LogP contribution in [-0.2, 0) is 6.42 Å². The molecule has 0 radical (unpaired) electrons. The molecule has 3 rings (SSSR count). The van der Waals surface area contributed by atoms with Crippen molar-refractivity contribution in [1.82, 2.24) is 0 Å². The summed E-state index contributed by atoms with van der Waals surface area (Å²) in [5, 5.41) is 0. The standard InChI is InChI=1S/C21H20O2/c1-12-5-7-16(8-6-12)11-17-15(4)20(22)18-9-13(2)14(3)10-19(18)21(17)23/h5-10H,11H2,1-4H3. The Kier molecular flexibility index (Phi) is 3.77. The lowest BCUT2D eigenvalue weighted by Crippen LogP contribution is -2.22. The zero-order chi connectivity index (χ0) is 16.7. The Hall–Kier alpha value is -2.48. The van der Waals surface area contributed by atoms with Gasteiger partial charge in [-0.2, -0.15) is 0 Å². The summed E-state index contributed by atoms with van der Waals surface area (Å²) in [7, 11) is 0. The number of rotatable bonds is 2. The highest BCUT2D eigenvalue weighted by Crippen LogP contribution is 2.30. The topological polar surface area (TPSA) is 34.1 Å². The maximum Gasteiger partial charge on any atom is 0.190 e. The maximum absolute atomic E-state index is 12.9. The van der Waals surface area contributed by atoms with Crippen molar-refractivity contribution >= 4 is 11.6 Å². The van der Waals surface area contributed by atoms with Gasteiger partial charge >= 0.3 is 0 Å². The fourth-order valence-corrected chi connectivity index (χ4v) is 2.99. The van der Waals surface area contributed by atoms with Crippen molar-refractivity contribution < 1.29 is 9.59 Å². The molecule has 0 saturated carbocycles. The van der Waals surface area contributed by atoms with Crippen molar-refractivity contribution in [1.29, 1.82) is 0 Å². The van der Waals surface area contributed by atoms with Crippen molar-refractivity contribution in [3.8, 4) is 0 Å². The Morgan fingerprint density at radius 3 is 1.83 bits per heavy atom. The number of hydrogen-bond acceptors (Lipinski definition) is 2. The predicted molar refractivity (Wildman–Crippen MR) is 92.2 cm³/mol. The molecule has 0 saturated heterocycles. The van der Waals surface area contributed by atoms with Gasteiger partial charge in [0.2, 0.25) is 0 Å². The van der Waals surface area contributed by atoms with Gasteiger partial charge in [0, 0.05) is 28.7 Å². The van der Waals surface area contributed by atoms with Crippen LogP contribution in [0.4, 0.5) is 0 Å². The largest absolute Gasteiger partial charge is 0.289 e. The SMILES string of the molecule is CC1=C(Cc2ccc(C)cc2)C(=O)c2cc(C)c(C)cc2C1=O. The van der Waals surface area contributed by atoms with Crippen molar-refractivity contribution in [2.45, 2.75) is 34.1 Å². The monoisotopic (exact) mass is 304 g/mol. The van der Waals surface area contributed by atoms with Crippen molar-refractivity contribution in [3.63, 3.8) is 0 Å². The highest BCUT2D eigenvalue weighted by molar-refractivity contribution is 6.27. The molecule has 2 aromatic carbocycles. The highest BCUT2D eigenvalue weighted by atomic mass is 16.1. The van der Waals surface area contributed by atoms with Crippen LogP contribution in [0.2, 0.25) is 0 Å². The Morgan fingerprint density at radius 1 is 0.739 bits per heavy atom. The summed E-state index contributed by atoms with van der Waals surface area (Å²) in [6.45, 7) is 7.74. The van der Waals surface area contributed by atoms with Gasteiger partial charge in [-0.3, -0.25) is 9.59 Å². The van der Waals surface area contributed by atoms with E-state index < -0.39 is 0 Å². The zero-order valence-electron chi connectivity index (χ0n) is 14.0. The molecule has 0 unspecified atom stereocenters. The average Bonchev–Trinajstić information content (AvgIpc) is 2.53. The first kappa shape index (κ1) is 15.4. The van der Waals surface area contributed by atoms with E-state index in [-0.39, 0.29) is 11.6 Å². The quantitative estimate of drug-likeness (QED) is 0.815. The number of fused-ring (bicyclic) bond motifs is 1. The van der Waals surface area contributed by atoms with Crippen LogP contribution in [0.1, 0.15) is 49.9 Å². The minimum atomic E-state index is -0.0233. The van der Waals surface area contributed by atoms with E-state index in [4.69, 9.17) is 0 Å². The number of ketones is 2. The molecule has 0 aromatic heterocycles. The minimum absolute atomic E-state index is 0.0132. The van der Waals surface area contributed by atoms with Gasteiger partial charge in [-0.25, -0.2) is 0 Å². The fraction of sp³-hybridized carbons (Fsp3) is 0.238. The summed E-state index contributed by atoms with van der Waals surface area (Å²) in [5.41, 5.74) is 6.61. The summed E-state index contributed by atoms with van der Waals surface area (Å²) in [5.74, 6) is -0.0365. The third-order valence-electron chi connectivity index (χ3n) is 4.69. The molecule has 0 spiro atoms. The summed E-state index contributed by atoms with van der Waals surface area (Å²) in [6.07, 6.45) is 0.503. The Labute approximate surface area is 136 Å². The molecule has 0 bridgehead atoms.